The van der Waals surface area contributed by atoms with Crippen molar-refractivity contribution in [3.63, 3.8) is 0 Å². The predicted molar refractivity (Wildman–Crippen MR) is 152 cm³/mol. The van der Waals surface area contributed by atoms with Crippen molar-refractivity contribution >= 4 is 37.9 Å². The summed E-state index contributed by atoms with van der Waals surface area (Å²) in [6.45, 7) is 6.56. The number of methoxy groups -OCH3 is 1. The van der Waals surface area contributed by atoms with E-state index in [2.05, 4.69) is 20.2 Å². The average molecular weight is 546 g/mol. The summed E-state index contributed by atoms with van der Waals surface area (Å²) < 4.78 is 42.2. The Morgan fingerprint density at radius 1 is 1.11 bits per heavy atom. The van der Waals surface area contributed by atoms with Crippen LogP contribution in [0.5, 0.6) is 11.5 Å². The van der Waals surface area contributed by atoms with Crippen LogP contribution in [0.25, 0.3) is 10.9 Å². The number of sulfone groups is 1. The van der Waals surface area contributed by atoms with Gasteiger partial charge in [0.05, 0.1) is 54.5 Å². The SMILES string of the molecule is C.CCS(=O)(=O)c1ccc(N(C)C)c(Nc2ncnc3cc(OC)c(OCCCN4CCOCC4)cc23)c1. The van der Waals surface area contributed by atoms with Crippen LogP contribution in [-0.2, 0) is 14.6 Å². The van der Waals surface area contributed by atoms with E-state index in [1.54, 1.807) is 32.2 Å². The molecule has 2 aromatic carbocycles. The number of rotatable bonds is 11. The Labute approximate surface area is 225 Å². The molecule has 0 radical (unpaired) electrons. The topological polar surface area (TPSA) is 106 Å². The third-order valence-corrected chi connectivity index (χ3v) is 8.07. The Morgan fingerprint density at radius 2 is 1.87 bits per heavy atom. The number of anilines is 3. The van der Waals surface area contributed by atoms with E-state index in [-0.39, 0.29) is 18.1 Å². The Hall–Kier alpha value is -3.15. The monoisotopic (exact) mass is 545 g/mol. The molecular formula is C27H39N5O5S. The average Bonchev–Trinajstić information content (AvgIpc) is 2.91. The third-order valence-electron chi connectivity index (χ3n) is 6.34. The molecule has 11 heteroatoms. The number of ether oxygens (including phenoxy) is 3. The zero-order valence-electron chi connectivity index (χ0n) is 21.9. The van der Waals surface area contributed by atoms with Gasteiger partial charge in [-0.15, -0.1) is 0 Å². The third kappa shape index (κ3) is 6.83. The second kappa shape index (κ2) is 13.1. The summed E-state index contributed by atoms with van der Waals surface area (Å²) in [4.78, 5) is 13.4. The molecule has 1 N–H and O–H groups in total. The molecule has 208 valence electrons. The number of morpholine rings is 1. The van der Waals surface area contributed by atoms with Gasteiger partial charge in [0.1, 0.15) is 12.1 Å². The van der Waals surface area contributed by atoms with Gasteiger partial charge in [-0.2, -0.15) is 0 Å². The van der Waals surface area contributed by atoms with Crippen molar-refractivity contribution in [2.45, 2.75) is 25.7 Å². The summed E-state index contributed by atoms with van der Waals surface area (Å²) in [7, 11) is 2.04. The highest BCUT2D eigenvalue weighted by Gasteiger charge is 2.18. The predicted octanol–water partition coefficient (Wildman–Crippen LogP) is 3.98. The first kappa shape index (κ1) is 29.4. The smallest absolute Gasteiger partial charge is 0.178 e. The van der Waals surface area contributed by atoms with Gasteiger partial charge < -0.3 is 24.4 Å². The fourth-order valence-electron chi connectivity index (χ4n) is 4.22. The first-order valence-corrected chi connectivity index (χ1v) is 14.0. The van der Waals surface area contributed by atoms with Crippen molar-refractivity contribution in [2.75, 3.05) is 76.6 Å². The van der Waals surface area contributed by atoms with E-state index in [1.807, 2.05) is 31.1 Å². The molecule has 10 nitrogen and oxygen atoms in total. The van der Waals surface area contributed by atoms with Crippen molar-refractivity contribution in [2.24, 2.45) is 0 Å². The molecule has 3 aromatic rings. The molecular weight excluding hydrogens is 506 g/mol. The quantitative estimate of drug-likeness (QED) is 0.356. The number of nitrogens with one attached hydrogen (secondary N) is 1. The standard InChI is InChI=1S/C26H35N5O5S.CH4/c1-5-37(32,33)19-7-8-23(30(2)3)22(15-19)29-26-20-16-25(24(34-4)17-21(20)27-18-28-26)36-12-6-9-31-10-13-35-14-11-31;/h7-8,15-18H,5-6,9-14H2,1-4H3,(H,27,28,29);1H4. The maximum absolute atomic E-state index is 12.5. The number of hydrogen-bond acceptors (Lipinski definition) is 10. The van der Waals surface area contributed by atoms with Crippen molar-refractivity contribution in [3.05, 3.63) is 36.7 Å². The second-order valence-corrected chi connectivity index (χ2v) is 11.3. The summed E-state index contributed by atoms with van der Waals surface area (Å²) in [5, 5.41) is 4.07. The van der Waals surface area contributed by atoms with Gasteiger partial charge in [-0.25, -0.2) is 18.4 Å². The second-order valence-electron chi connectivity index (χ2n) is 9.00. The van der Waals surface area contributed by atoms with E-state index < -0.39 is 9.84 Å². The maximum atomic E-state index is 12.5. The van der Waals surface area contributed by atoms with Crippen molar-refractivity contribution in [1.82, 2.24) is 14.9 Å². The summed E-state index contributed by atoms with van der Waals surface area (Å²) >= 11 is 0. The highest BCUT2D eigenvalue weighted by atomic mass is 32.2. The van der Waals surface area contributed by atoms with Crippen LogP contribution in [0.3, 0.4) is 0 Å². The molecule has 0 unspecified atom stereocenters. The molecule has 0 spiro atoms. The van der Waals surface area contributed by atoms with Gasteiger partial charge >= 0.3 is 0 Å². The minimum Gasteiger partial charge on any atom is -0.493 e. The lowest BCUT2D eigenvalue weighted by atomic mass is 10.2. The van der Waals surface area contributed by atoms with E-state index in [4.69, 9.17) is 14.2 Å². The Morgan fingerprint density at radius 3 is 2.55 bits per heavy atom. The van der Waals surface area contributed by atoms with Crippen molar-refractivity contribution in [3.8, 4) is 11.5 Å². The summed E-state index contributed by atoms with van der Waals surface area (Å²) in [6, 6.07) is 8.76. The zero-order valence-corrected chi connectivity index (χ0v) is 22.7. The number of hydrogen-bond donors (Lipinski definition) is 1. The fraction of sp³-hybridized carbons (Fsp3) is 0.481. The van der Waals surface area contributed by atoms with Crippen molar-refractivity contribution < 1.29 is 22.6 Å². The van der Waals surface area contributed by atoms with Crippen molar-refractivity contribution in [1.29, 1.82) is 0 Å². The minimum absolute atomic E-state index is 0. The maximum Gasteiger partial charge on any atom is 0.178 e. The largest absolute Gasteiger partial charge is 0.493 e. The zero-order chi connectivity index (χ0) is 26.4. The molecule has 0 atom stereocenters. The highest BCUT2D eigenvalue weighted by molar-refractivity contribution is 7.91. The Balaban J connectivity index is 0.00000400. The van der Waals surface area contributed by atoms with Crippen LogP contribution < -0.4 is 19.7 Å². The van der Waals surface area contributed by atoms with E-state index in [1.165, 1.54) is 6.33 Å². The van der Waals surface area contributed by atoms with Gasteiger partial charge in [0.15, 0.2) is 21.3 Å². The molecule has 38 heavy (non-hydrogen) atoms. The van der Waals surface area contributed by atoms with E-state index in [0.29, 0.717) is 35.1 Å². The molecule has 0 saturated carbocycles. The normalized spacial score (nSPS) is 14.1. The number of nitrogens with zero attached hydrogens (tertiary/aromatic N) is 4. The number of benzene rings is 2. The Bertz CT molecular complexity index is 1330. The first-order chi connectivity index (χ1) is 17.8. The van der Waals surface area contributed by atoms with Crippen LogP contribution in [0.2, 0.25) is 0 Å². The highest BCUT2D eigenvalue weighted by Crippen LogP contribution is 2.37. The molecule has 1 saturated heterocycles. The van der Waals surface area contributed by atoms with Crippen LogP contribution in [0.1, 0.15) is 20.8 Å². The lowest BCUT2D eigenvalue weighted by Crippen LogP contribution is -2.37. The molecule has 1 aliphatic rings. The lowest BCUT2D eigenvalue weighted by molar-refractivity contribution is 0.0357. The molecule has 0 bridgehead atoms. The van der Waals surface area contributed by atoms with Gasteiger partial charge in [-0.05, 0) is 30.7 Å². The van der Waals surface area contributed by atoms with Gasteiger partial charge in [-0.3, -0.25) is 4.90 Å². The van der Waals surface area contributed by atoms with Crippen LogP contribution in [-0.4, -0.2) is 89.7 Å². The lowest BCUT2D eigenvalue weighted by Gasteiger charge is -2.26. The number of aromatic nitrogens is 2. The van der Waals surface area contributed by atoms with Crippen LogP contribution >= 0.6 is 0 Å². The summed E-state index contributed by atoms with van der Waals surface area (Å²) in [6.07, 6.45) is 2.34. The summed E-state index contributed by atoms with van der Waals surface area (Å²) in [5.41, 5.74) is 2.14. The van der Waals surface area contributed by atoms with Crippen LogP contribution in [0, 0.1) is 0 Å². The molecule has 1 fully saturated rings. The minimum atomic E-state index is -3.37. The van der Waals surface area contributed by atoms with Gasteiger partial charge in [0, 0.05) is 45.2 Å². The van der Waals surface area contributed by atoms with E-state index in [0.717, 1.165) is 50.3 Å². The molecule has 4 rings (SSSR count). The molecule has 0 amide bonds. The molecule has 1 aliphatic heterocycles. The Kier molecular flexibility index (Phi) is 10.1. The number of fused-ring (bicyclic) bond motifs is 1. The van der Waals surface area contributed by atoms with Crippen LogP contribution in [0.15, 0.2) is 41.6 Å². The molecule has 1 aromatic heterocycles. The van der Waals surface area contributed by atoms with Gasteiger partial charge in [-0.1, -0.05) is 14.4 Å². The van der Waals surface area contributed by atoms with E-state index in [9.17, 15) is 8.42 Å². The first-order valence-electron chi connectivity index (χ1n) is 12.4. The van der Waals surface area contributed by atoms with E-state index >= 15 is 0 Å². The molecule has 2 heterocycles. The van der Waals surface area contributed by atoms with Gasteiger partial charge in [0.25, 0.3) is 0 Å². The fourth-order valence-corrected chi connectivity index (χ4v) is 5.13. The van der Waals surface area contributed by atoms with Crippen LogP contribution in [0.4, 0.5) is 17.2 Å². The van der Waals surface area contributed by atoms with Gasteiger partial charge in [0.2, 0.25) is 0 Å². The summed E-state index contributed by atoms with van der Waals surface area (Å²) in [5.74, 6) is 1.76. The molecule has 0 aliphatic carbocycles.